The van der Waals surface area contributed by atoms with E-state index >= 15 is 0 Å². The first-order chi connectivity index (χ1) is 14.3. The molecule has 0 bridgehead atoms. The number of carbonyl (C=O) groups excluding carboxylic acids is 3. The van der Waals surface area contributed by atoms with Crippen LogP contribution in [0.15, 0.2) is 41.3 Å². The number of halogens is 2. The summed E-state index contributed by atoms with van der Waals surface area (Å²) in [5.41, 5.74) is 6.27. The number of primary amides is 1. The Morgan fingerprint density at radius 1 is 1.20 bits per heavy atom. The third-order valence-electron chi connectivity index (χ3n) is 4.07. The second-order valence-corrected chi connectivity index (χ2v) is 7.96. The van der Waals surface area contributed by atoms with Crippen molar-refractivity contribution in [2.45, 2.75) is 6.54 Å². The van der Waals surface area contributed by atoms with Gasteiger partial charge in [0.05, 0.1) is 23.6 Å². The van der Waals surface area contributed by atoms with Gasteiger partial charge in [-0.3, -0.25) is 19.3 Å². The molecule has 0 saturated carbocycles. The molecule has 1 aliphatic heterocycles. The predicted molar refractivity (Wildman–Crippen MR) is 116 cm³/mol. The maximum atomic E-state index is 12.8. The van der Waals surface area contributed by atoms with E-state index in [-0.39, 0.29) is 34.6 Å². The van der Waals surface area contributed by atoms with Crippen LogP contribution >= 0.6 is 35.0 Å². The first-order valence-corrected chi connectivity index (χ1v) is 10.1. The average molecular weight is 467 g/mol. The van der Waals surface area contributed by atoms with Gasteiger partial charge in [0.1, 0.15) is 0 Å². The number of hydrogen-bond acceptors (Lipinski definition) is 6. The summed E-state index contributed by atoms with van der Waals surface area (Å²) in [6, 6.07) is 10.1. The average Bonchev–Trinajstić information content (AvgIpc) is 2.95. The van der Waals surface area contributed by atoms with Crippen molar-refractivity contribution in [3.8, 4) is 11.5 Å². The number of ether oxygens (including phenoxy) is 2. The van der Waals surface area contributed by atoms with Crippen LogP contribution in [-0.4, -0.2) is 35.7 Å². The van der Waals surface area contributed by atoms with Gasteiger partial charge in [-0.25, -0.2) is 0 Å². The van der Waals surface area contributed by atoms with Crippen LogP contribution in [0, 0.1) is 0 Å². The Balaban J connectivity index is 1.85. The molecule has 0 aliphatic carbocycles. The van der Waals surface area contributed by atoms with Crippen LogP contribution in [0.2, 0.25) is 10.0 Å². The highest BCUT2D eigenvalue weighted by Crippen LogP contribution is 2.39. The monoisotopic (exact) mass is 466 g/mol. The van der Waals surface area contributed by atoms with Crippen molar-refractivity contribution in [1.82, 2.24) is 4.90 Å². The lowest BCUT2D eigenvalue weighted by atomic mass is 10.1. The number of rotatable bonds is 7. The lowest BCUT2D eigenvalue weighted by Gasteiger charge is -2.13. The highest BCUT2D eigenvalue weighted by molar-refractivity contribution is 8.18. The number of nitrogens with two attached hydrogens (primary N) is 1. The minimum absolute atomic E-state index is 0.0751. The molecule has 0 radical (unpaired) electrons. The van der Waals surface area contributed by atoms with Gasteiger partial charge >= 0.3 is 0 Å². The van der Waals surface area contributed by atoms with E-state index in [1.165, 1.54) is 19.3 Å². The normalized spacial score (nSPS) is 15.0. The molecule has 2 aromatic carbocycles. The van der Waals surface area contributed by atoms with Crippen LogP contribution in [0.1, 0.15) is 11.1 Å². The van der Waals surface area contributed by atoms with Crippen LogP contribution in [-0.2, 0) is 16.1 Å². The van der Waals surface area contributed by atoms with E-state index in [2.05, 4.69) is 0 Å². The summed E-state index contributed by atoms with van der Waals surface area (Å²) in [6.07, 6.45) is 1.53. The molecule has 0 atom stereocenters. The third kappa shape index (κ3) is 4.89. The fraction of sp³-hybridized carbons (Fsp3) is 0.150. The van der Waals surface area contributed by atoms with Gasteiger partial charge in [-0.15, -0.1) is 0 Å². The second kappa shape index (κ2) is 9.42. The number of nitrogens with zero attached hydrogens (tertiary/aromatic N) is 1. The molecule has 156 valence electrons. The second-order valence-electron chi connectivity index (χ2n) is 6.15. The van der Waals surface area contributed by atoms with Crippen molar-refractivity contribution in [1.29, 1.82) is 0 Å². The SMILES string of the molecule is COc1cc(/C=C2\SC(=O)N(Cc3ccccc3Cl)C2=O)cc(Cl)c1OCC(N)=O. The largest absolute Gasteiger partial charge is 0.493 e. The summed E-state index contributed by atoms with van der Waals surface area (Å²) in [7, 11) is 1.41. The molecule has 1 heterocycles. The topological polar surface area (TPSA) is 98.9 Å². The van der Waals surface area contributed by atoms with Crippen molar-refractivity contribution >= 4 is 58.1 Å². The molecular weight excluding hydrogens is 451 g/mol. The Morgan fingerprint density at radius 2 is 1.93 bits per heavy atom. The number of amides is 3. The maximum Gasteiger partial charge on any atom is 0.293 e. The highest BCUT2D eigenvalue weighted by atomic mass is 35.5. The minimum Gasteiger partial charge on any atom is -0.493 e. The summed E-state index contributed by atoms with van der Waals surface area (Å²) >= 11 is 13.2. The van der Waals surface area contributed by atoms with Gasteiger partial charge in [-0.2, -0.15) is 0 Å². The Morgan fingerprint density at radius 3 is 2.60 bits per heavy atom. The molecule has 10 heteroatoms. The Kier molecular flexibility index (Phi) is 6.91. The number of benzene rings is 2. The lowest BCUT2D eigenvalue weighted by Crippen LogP contribution is -2.27. The molecule has 3 amide bonds. The van der Waals surface area contributed by atoms with Gasteiger partial charge in [-0.05, 0) is 47.2 Å². The first-order valence-electron chi connectivity index (χ1n) is 8.57. The van der Waals surface area contributed by atoms with Gasteiger partial charge < -0.3 is 15.2 Å². The van der Waals surface area contributed by atoms with Crippen molar-refractivity contribution < 1.29 is 23.9 Å². The summed E-state index contributed by atoms with van der Waals surface area (Å²) < 4.78 is 10.5. The first kappa shape index (κ1) is 22.0. The van der Waals surface area contributed by atoms with Crippen LogP contribution in [0.3, 0.4) is 0 Å². The van der Waals surface area contributed by atoms with Crippen LogP contribution in [0.5, 0.6) is 11.5 Å². The highest BCUT2D eigenvalue weighted by Gasteiger charge is 2.35. The summed E-state index contributed by atoms with van der Waals surface area (Å²) in [6.45, 7) is -0.290. The van der Waals surface area contributed by atoms with Gasteiger partial charge in [0, 0.05) is 5.02 Å². The van der Waals surface area contributed by atoms with E-state index in [1.807, 2.05) is 0 Å². The lowest BCUT2D eigenvalue weighted by molar-refractivity contribution is -0.123. The van der Waals surface area contributed by atoms with Gasteiger partial charge in [0.15, 0.2) is 18.1 Å². The third-order valence-corrected chi connectivity index (χ3v) is 5.63. The van der Waals surface area contributed by atoms with Gasteiger partial charge in [-0.1, -0.05) is 41.4 Å². The van der Waals surface area contributed by atoms with E-state index in [4.69, 9.17) is 38.4 Å². The van der Waals surface area contributed by atoms with Gasteiger partial charge in [0.25, 0.3) is 17.1 Å². The van der Waals surface area contributed by atoms with Crippen LogP contribution in [0.4, 0.5) is 4.79 Å². The van der Waals surface area contributed by atoms with Gasteiger partial charge in [0.2, 0.25) is 0 Å². The summed E-state index contributed by atoms with van der Waals surface area (Å²) in [5, 5.41) is 0.242. The molecule has 0 unspecified atom stereocenters. The fourth-order valence-electron chi connectivity index (χ4n) is 2.69. The number of thioether (sulfide) groups is 1. The molecule has 0 aromatic heterocycles. The number of imide groups is 1. The Bertz CT molecular complexity index is 1060. The zero-order valence-electron chi connectivity index (χ0n) is 15.7. The molecule has 1 fully saturated rings. The fourth-order valence-corrected chi connectivity index (χ4v) is 4.00. The standard InChI is InChI=1S/C20H16Cl2N2O5S/c1-28-15-7-11(6-14(22)18(15)29-10-17(23)25)8-16-19(26)24(20(27)30-16)9-12-4-2-3-5-13(12)21/h2-8H,9-10H2,1H3,(H2,23,25)/b16-8-. The van der Waals surface area contributed by atoms with Crippen molar-refractivity contribution in [3.05, 3.63) is 62.5 Å². The Hall–Kier alpha value is -2.68. The molecule has 7 nitrogen and oxygen atoms in total. The van der Waals surface area contributed by atoms with E-state index in [0.29, 0.717) is 16.1 Å². The van der Waals surface area contributed by atoms with E-state index < -0.39 is 17.1 Å². The zero-order chi connectivity index (χ0) is 21.8. The smallest absolute Gasteiger partial charge is 0.293 e. The van der Waals surface area contributed by atoms with E-state index in [9.17, 15) is 14.4 Å². The number of methoxy groups -OCH3 is 1. The number of hydrogen-bond donors (Lipinski definition) is 1. The summed E-state index contributed by atoms with van der Waals surface area (Å²) in [4.78, 5) is 37.4. The molecular formula is C20H16Cl2N2O5S. The molecule has 1 saturated heterocycles. The van der Waals surface area contributed by atoms with Crippen molar-refractivity contribution in [2.75, 3.05) is 13.7 Å². The molecule has 1 aliphatic rings. The summed E-state index contributed by atoms with van der Waals surface area (Å²) in [5.74, 6) is -0.689. The van der Waals surface area contributed by atoms with Crippen molar-refractivity contribution in [2.24, 2.45) is 5.73 Å². The zero-order valence-corrected chi connectivity index (χ0v) is 18.0. The van der Waals surface area contributed by atoms with Crippen LogP contribution < -0.4 is 15.2 Å². The minimum atomic E-state index is -0.663. The predicted octanol–water partition coefficient (Wildman–Crippen LogP) is 4.10. The number of carbonyl (C=O) groups is 3. The van der Waals surface area contributed by atoms with E-state index in [0.717, 1.165) is 16.7 Å². The van der Waals surface area contributed by atoms with E-state index in [1.54, 1.807) is 30.3 Å². The van der Waals surface area contributed by atoms with Crippen LogP contribution in [0.25, 0.3) is 6.08 Å². The van der Waals surface area contributed by atoms with Crippen molar-refractivity contribution in [3.63, 3.8) is 0 Å². The molecule has 0 spiro atoms. The molecule has 2 aromatic rings. The Labute approximate surface area is 186 Å². The quantitative estimate of drug-likeness (QED) is 0.616. The molecule has 3 rings (SSSR count). The molecule has 30 heavy (non-hydrogen) atoms. The maximum absolute atomic E-state index is 12.8. The molecule has 2 N–H and O–H groups in total.